The molecule has 0 spiro atoms. The average Bonchev–Trinajstić information content (AvgIpc) is 3.33. The van der Waals surface area contributed by atoms with Gasteiger partial charge in [0.25, 0.3) is 0 Å². The van der Waals surface area contributed by atoms with Gasteiger partial charge in [-0.1, -0.05) is 91.0 Å². The van der Waals surface area contributed by atoms with Crippen LogP contribution >= 0.6 is 0 Å². The maximum Gasteiger partial charge on any atom is 0.0630 e. The molecule has 5 aromatic rings. The van der Waals surface area contributed by atoms with E-state index in [9.17, 15) is 0 Å². The van der Waals surface area contributed by atoms with E-state index in [-0.39, 0.29) is 6.04 Å². The minimum absolute atomic E-state index is 0.266. The number of anilines is 5. The third kappa shape index (κ3) is 3.89. The van der Waals surface area contributed by atoms with Gasteiger partial charge in [-0.3, -0.25) is 4.98 Å². The topological polar surface area (TPSA) is 19.4 Å². The molecule has 0 radical (unpaired) electrons. The molecule has 0 saturated heterocycles. The predicted molar refractivity (Wildman–Crippen MR) is 158 cm³/mol. The lowest BCUT2D eigenvalue weighted by Gasteiger charge is -2.28. The second-order valence-electron chi connectivity index (χ2n) is 9.70. The van der Waals surface area contributed by atoms with Crippen LogP contribution in [0.3, 0.4) is 0 Å². The van der Waals surface area contributed by atoms with E-state index in [0.717, 1.165) is 33.9 Å². The van der Waals surface area contributed by atoms with Crippen LogP contribution < -0.4 is 9.80 Å². The van der Waals surface area contributed by atoms with Gasteiger partial charge in [-0.05, 0) is 59.7 Å². The van der Waals surface area contributed by atoms with Crippen molar-refractivity contribution in [2.24, 2.45) is 0 Å². The maximum absolute atomic E-state index is 4.67. The van der Waals surface area contributed by atoms with Gasteiger partial charge in [0.05, 0.1) is 17.9 Å². The van der Waals surface area contributed by atoms with E-state index in [1.807, 2.05) is 12.4 Å². The number of hydrogen-bond donors (Lipinski definition) is 0. The van der Waals surface area contributed by atoms with Gasteiger partial charge in [0, 0.05) is 40.4 Å². The average molecular weight is 490 g/mol. The minimum atomic E-state index is 0.266. The van der Waals surface area contributed by atoms with Crippen LogP contribution in [-0.2, 0) is 0 Å². The van der Waals surface area contributed by atoms with Gasteiger partial charge < -0.3 is 9.80 Å². The zero-order valence-electron chi connectivity index (χ0n) is 20.9. The molecule has 3 nitrogen and oxygen atoms in total. The number of allylic oxidation sites excluding steroid dienone is 2. The summed E-state index contributed by atoms with van der Waals surface area (Å²) in [5.74, 6) is 0.362. The molecule has 0 N–H and O–H groups in total. The highest BCUT2D eigenvalue weighted by molar-refractivity contribution is 5.80. The van der Waals surface area contributed by atoms with Gasteiger partial charge in [0.2, 0.25) is 0 Å². The van der Waals surface area contributed by atoms with Crippen LogP contribution in [0.5, 0.6) is 0 Å². The molecule has 182 valence electrons. The van der Waals surface area contributed by atoms with Crippen LogP contribution in [0, 0.1) is 0 Å². The molecule has 2 atom stereocenters. The molecule has 1 aliphatic carbocycles. The Morgan fingerprint density at radius 2 is 1.21 bits per heavy atom. The van der Waals surface area contributed by atoms with E-state index in [4.69, 9.17) is 0 Å². The van der Waals surface area contributed by atoms with E-state index in [1.54, 1.807) is 0 Å². The lowest BCUT2D eigenvalue weighted by Crippen LogP contribution is -2.28. The standard InChI is InChI=1S/C35H27N3/c1-3-11-28(12-4-1)37(29-13-5-2-6-14-29)30-21-19-26(20-22-30)27-23-31(25-36-24-27)38-34-17-9-7-15-32(34)33-16-8-10-18-35(33)38/h1-25,32,34H. The van der Waals surface area contributed by atoms with Crippen LogP contribution in [-0.4, -0.2) is 11.0 Å². The first kappa shape index (κ1) is 22.3. The van der Waals surface area contributed by atoms with Gasteiger partial charge in [-0.15, -0.1) is 0 Å². The monoisotopic (exact) mass is 489 g/mol. The third-order valence-corrected chi connectivity index (χ3v) is 7.45. The highest BCUT2D eigenvalue weighted by atomic mass is 15.2. The van der Waals surface area contributed by atoms with E-state index in [1.165, 1.54) is 11.3 Å². The summed E-state index contributed by atoms with van der Waals surface area (Å²) in [7, 11) is 0. The van der Waals surface area contributed by atoms with Crippen LogP contribution in [0.4, 0.5) is 28.4 Å². The lowest BCUT2D eigenvalue weighted by atomic mass is 9.91. The van der Waals surface area contributed by atoms with E-state index < -0.39 is 0 Å². The molecule has 0 fully saturated rings. The summed E-state index contributed by atoms with van der Waals surface area (Å²) in [6.45, 7) is 0. The number of rotatable bonds is 5. The molecule has 38 heavy (non-hydrogen) atoms. The molecule has 0 saturated carbocycles. The Balaban J connectivity index is 1.24. The number of aromatic nitrogens is 1. The Morgan fingerprint density at radius 3 is 1.95 bits per heavy atom. The number of pyridine rings is 1. The molecule has 0 bridgehead atoms. The fraction of sp³-hybridized carbons (Fsp3) is 0.0571. The smallest absolute Gasteiger partial charge is 0.0630 e. The summed E-state index contributed by atoms with van der Waals surface area (Å²) in [5, 5.41) is 0. The van der Waals surface area contributed by atoms with Gasteiger partial charge in [0.1, 0.15) is 0 Å². The first-order valence-corrected chi connectivity index (χ1v) is 13.1. The molecule has 7 rings (SSSR count). The van der Waals surface area contributed by atoms with Crippen LogP contribution in [0.15, 0.2) is 152 Å². The fourth-order valence-electron chi connectivity index (χ4n) is 5.71. The molecular weight excluding hydrogens is 462 g/mol. The number of para-hydroxylation sites is 3. The van der Waals surface area contributed by atoms with Gasteiger partial charge in [0.15, 0.2) is 0 Å². The van der Waals surface area contributed by atoms with Crippen molar-refractivity contribution in [1.82, 2.24) is 4.98 Å². The second kappa shape index (κ2) is 9.53. The summed E-state index contributed by atoms with van der Waals surface area (Å²) in [5.41, 5.74) is 9.37. The summed E-state index contributed by atoms with van der Waals surface area (Å²) < 4.78 is 0. The second-order valence-corrected chi connectivity index (χ2v) is 9.70. The van der Waals surface area contributed by atoms with Crippen molar-refractivity contribution >= 4 is 28.4 Å². The number of fused-ring (bicyclic) bond motifs is 3. The highest BCUT2D eigenvalue weighted by Gasteiger charge is 2.37. The van der Waals surface area contributed by atoms with E-state index in [2.05, 4.69) is 154 Å². The first-order chi connectivity index (χ1) is 18.9. The summed E-state index contributed by atoms with van der Waals surface area (Å²) in [6.07, 6.45) is 12.9. The largest absolute Gasteiger partial charge is 0.332 e. The van der Waals surface area contributed by atoms with Gasteiger partial charge in [-0.25, -0.2) is 0 Å². The molecular formula is C35H27N3. The van der Waals surface area contributed by atoms with E-state index >= 15 is 0 Å². The van der Waals surface area contributed by atoms with Crippen molar-refractivity contribution in [1.29, 1.82) is 0 Å². The van der Waals surface area contributed by atoms with Crippen molar-refractivity contribution in [2.45, 2.75) is 12.0 Å². The molecule has 4 aromatic carbocycles. The molecule has 1 aliphatic heterocycles. The Kier molecular flexibility index (Phi) is 5.60. The number of nitrogens with zero attached hydrogens (tertiary/aromatic N) is 3. The normalized spacial score (nSPS) is 17.2. The van der Waals surface area contributed by atoms with Crippen molar-refractivity contribution in [3.05, 3.63) is 158 Å². The SMILES string of the molecule is C1=CC2c3ccccc3N(c3cncc(-c4ccc(N(c5ccccc5)c5ccccc5)cc4)c3)C2C=C1. The molecule has 2 unspecified atom stereocenters. The third-order valence-electron chi connectivity index (χ3n) is 7.45. The van der Waals surface area contributed by atoms with Crippen LogP contribution in [0.2, 0.25) is 0 Å². The fourth-order valence-corrected chi connectivity index (χ4v) is 5.71. The summed E-state index contributed by atoms with van der Waals surface area (Å²) in [6, 6.07) is 41.0. The predicted octanol–water partition coefficient (Wildman–Crippen LogP) is 8.95. The Labute approximate surface area is 223 Å². The zero-order chi connectivity index (χ0) is 25.3. The summed E-state index contributed by atoms with van der Waals surface area (Å²) >= 11 is 0. The molecule has 2 aliphatic rings. The Bertz CT molecular complexity index is 1580. The maximum atomic E-state index is 4.67. The van der Waals surface area contributed by atoms with Crippen molar-refractivity contribution < 1.29 is 0 Å². The lowest BCUT2D eigenvalue weighted by molar-refractivity contribution is 0.744. The van der Waals surface area contributed by atoms with Crippen LogP contribution in [0.1, 0.15) is 11.5 Å². The Hall–Kier alpha value is -4.89. The molecule has 2 heterocycles. The van der Waals surface area contributed by atoms with Gasteiger partial charge in [-0.2, -0.15) is 0 Å². The highest BCUT2D eigenvalue weighted by Crippen LogP contribution is 2.47. The van der Waals surface area contributed by atoms with Crippen molar-refractivity contribution in [3.63, 3.8) is 0 Å². The molecule has 0 amide bonds. The van der Waals surface area contributed by atoms with Crippen molar-refractivity contribution in [2.75, 3.05) is 9.80 Å². The summed E-state index contributed by atoms with van der Waals surface area (Å²) in [4.78, 5) is 9.38. The van der Waals surface area contributed by atoms with E-state index in [0.29, 0.717) is 5.92 Å². The number of benzene rings is 4. The molecule has 3 heteroatoms. The van der Waals surface area contributed by atoms with Crippen LogP contribution in [0.25, 0.3) is 11.1 Å². The zero-order valence-corrected chi connectivity index (χ0v) is 20.9. The van der Waals surface area contributed by atoms with Crippen molar-refractivity contribution in [3.8, 4) is 11.1 Å². The minimum Gasteiger partial charge on any atom is -0.332 e. The number of hydrogen-bond acceptors (Lipinski definition) is 3. The quantitative estimate of drug-likeness (QED) is 0.246. The molecule has 1 aromatic heterocycles. The Morgan fingerprint density at radius 1 is 0.579 bits per heavy atom. The van der Waals surface area contributed by atoms with Gasteiger partial charge >= 0.3 is 0 Å². The first-order valence-electron chi connectivity index (χ1n) is 13.1.